The first-order valence-corrected chi connectivity index (χ1v) is 10.1. The molecular weight excluding hydrogens is 368 g/mol. The summed E-state index contributed by atoms with van der Waals surface area (Å²) in [5.41, 5.74) is 1.02. The molecule has 2 N–H and O–H groups in total. The van der Waals surface area contributed by atoms with Crippen LogP contribution in [-0.4, -0.2) is 57.2 Å². The van der Waals surface area contributed by atoms with Crippen LogP contribution in [-0.2, 0) is 11.3 Å². The zero-order chi connectivity index (χ0) is 21.1. The summed E-state index contributed by atoms with van der Waals surface area (Å²) in [6.45, 7) is 5.37. The van der Waals surface area contributed by atoms with Crippen molar-refractivity contribution in [3.05, 3.63) is 23.8 Å². The van der Waals surface area contributed by atoms with Crippen LogP contribution in [0, 0.1) is 18.3 Å². The Kier molecular flexibility index (Phi) is 9.16. The van der Waals surface area contributed by atoms with Crippen molar-refractivity contribution >= 4 is 11.9 Å². The minimum atomic E-state index is 0.117. The van der Waals surface area contributed by atoms with Crippen molar-refractivity contribution in [1.29, 1.82) is 0 Å². The Bertz CT molecular complexity index is 734. The van der Waals surface area contributed by atoms with Crippen LogP contribution in [0.4, 0.5) is 0 Å². The van der Waals surface area contributed by atoms with Crippen molar-refractivity contribution in [2.24, 2.45) is 10.9 Å². The van der Waals surface area contributed by atoms with E-state index in [1.165, 1.54) is 0 Å². The second-order valence-corrected chi connectivity index (χ2v) is 6.96. The van der Waals surface area contributed by atoms with Crippen LogP contribution in [0.2, 0.25) is 0 Å². The van der Waals surface area contributed by atoms with Gasteiger partial charge in [-0.15, -0.1) is 6.42 Å². The van der Waals surface area contributed by atoms with Crippen molar-refractivity contribution in [3.8, 4) is 23.8 Å². The van der Waals surface area contributed by atoms with E-state index >= 15 is 0 Å². The summed E-state index contributed by atoms with van der Waals surface area (Å²) in [6.07, 6.45) is 7.87. The topological polar surface area (TPSA) is 75.2 Å². The van der Waals surface area contributed by atoms with Gasteiger partial charge in [0.15, 0.2) is 17.5 Å². The van der Waals surface area contributed by atoms with E-state index in [1.54, 1.807) is 14.2 Å². The first-order valence-electron chi connectivity index (χ1n) is 10.1. The number of carbonyl (C=O) groups is 1. The number of rotatable bonds is 8. The van der Waals surface area contributed by atoms with E-state index < -0.39 is 0 Å². The zero-order valence-electron chi connectivity index (χ0n) is 17.7. The van der Waals surface area contributed by atoms with Gasteiger partial charge in [0.05, 0.1) is 13.7 Å². The van der Waals surface area contributed by atoms with E-state index in [0.717, 1.165) is 44.0 Å². The SMILES string of the molecule is C#CCOc1cc(CN=C(NCC)N2CCC(CC(=O)NC)CC2)ccc1OC. The molecule has 0 saturated carbocycles. The third kappa shape index (κ3) is 6.90. The molecule has 0 bridgehead atoms. The molecule has 1 aromatic carbocycles. The molecule has 0 unspecified atom stereocenters. The van der Waals surface area contributed by atoms with Crippen molar-refractivity contribution < 1.29 is 14.3 Å². The van der Waals surface area contributed by atoms with Gasteiger partial charge in [-0.2, -0.15) is 0 Å². The fourth-order valence-corrected chi connectivity index (χ4v) is 3.36. The second-order valence-electron chi connectivity index (χ2n) is 6.96. The van der Waals surface area contributed by atoms with E-state index in [9.17, 15) is 4.79 Å². The monoisotopic (exact) mass is 400 g/mol. The van der Waals surface area contributed by atoms with Crippen LogP contribution in [0.25, 0.3) is 0 Å². The molecule has 7 heteroatoms. The summed E-state index contributed by atoms with van der Waals surface area (Å²) < 4.78 is 10.9. The van der Waals surface area contributed by atoms with Gasteiger partial charge >= 0.3 is 0 Å². The lowest BCUT2D eigenvalue weighted by Gasteiger charge is -2.34. The molecule has 1 fully saturated rings. The number of hydrogen-bond acceptors (Lipinski definition) is 4. The number of nitrogens with zero attached hydrogens (tertiary/aromatic N) is 2. The molecule has 158 valence electrons. The maximum absolute atomic E-state index is 11.6. The highest BCUT2D eigenvalue weighted by molar-refractivity contribution is 5.80. The first-order chi connectivity index (χ1) is 14.1. The number of terminal acetylenes is 1. The van der Waals surface area contributed by atoms with E-state index in [2.05, 4.69) is 28.4 Å². The summed E-state index contributed by atoms with van der Waals surface area (Å²) in [5.74, 6) is 5.19. The van der Waals surface area contributed by atoms with Gasteiger partial charge in [-0.1, -0.05) is 12.0 Å². The number of aliphatic imine (C=N–C) groups is 1. The number of ether oxygens (including phenoxy) is 2. The number of hydrogen-bond donors (Lipinski definition) is 2. The molecule has 7 nitrogen and oxygen atoms in total. The summed E-state index contributed by atoms with van der Waals surface area (Å²) in [4.78, 5) is 18.7. The molecule has 0 aromatic heterocycles. The predicted octanol–water partition coefficient (Wildman–Crippen LogP) is 2.02. The minimum absolute atomic E-state index is 0.117. The van der Waals surface area contributed by atoms with Gasteiger partial charge < -0.3 is 25.0 Å². The van der Waals surface area contributed by atoms with Crippen molar-refractivity contribution in [2.75, 3.05) is 40.4 Å². The number of methoxy groups -OCH3 is 1. The van der Waals surface area contributed by atoms with Gasteiger partial charge in [0, 0.05) is 33.1 Å². The van der Waals surface area contributed by atoms with Gasteiger partial charge in [-0.05, 0) is 43.4 Å². The largest absolute Gasteiger partial charge is 0.493 e. The number of amides is 1. The third-order valence-electron chi connectivity index (χ3n) is 4.95. The van der Waals surface area contributed by atoms with E-state index in [0.29, 0.717) is 30.4 Å². The van der Waals surface area contributed by atoms with Crippen LogP contribution < -0.4 is 20.1 Å². The molecule has 29 heavy (non-hydrogen) atoms. The predicted molar refractivity (Wildman–Crippen MR) is 115 cm³/mol. The van der Waals surface area contributed by atoms with Gasteiger partial charge in [-0.3, -0.25) is 4.79 Å². The maximum atomic E-state index is 11.6. The average molecular weight is 401 g/mol. The van der Waals surface area contributed by atoms with Crippen molar-refractivity contribution in [1.82, 2.24) is 15.5 Å². The molecule has 2 rings (SSSR count). The highest BCUT2D eigenvalue weighted by Crippen LogP contribution is 2.28. The maximum Gasteiger partial charge on any atom is 0.220 e. The number of carbonyl (C=O) groups excluding carboxylic acids is 1. The molecule has 0 atom stereocenters. The Morgan fingerprint density at radius 1 is 1.34 bits per heavy atom. The molecule has 1 aliphatic heterocycles. The summed E-state index contributed by atoms with van der Waals surface area (Å²) in [5, 5.41) is 6.09. The molecule has 1 aliphatic rings. The number of likely N-dealkylation sites (tertiary alicyclic amines) is 1. The Balaban J connectivity index is 2.02. The van der Waals surface area contributed by atoms with Gasteiger partial charge in [0.2, 0.25) is 5.91 Å². The van der Waals surface area contributed by atoms with Gasteiger partial charge in [-0.25, -0.2) is 4.99 Å². The fourth-order valence-electron chi connectivity index (χ4n) is 3.36. The van der Waals surface area contributed by atoms with Crippen molar-refractivity contribution in [2.45, 2.75) is 32.7 Å². The van der Waals surface area contributed by atoms with Crippen molar-refractivity contribution in [3.63, 3.8) is 0 Å². The van der Waals surface area contributed by atoms with Crippen LogP contribution >= 0.6 is 0 Å². The molecule has 1 aromatic rings. The first kappa shape index (κ1) is 22.4. The second kappa shape index (κ2) is 11.8. The Labute approximate surface area is 173 Å². The van der Waals surface area contributed by atoms with Crippen LogP contribution in [0.5, 0.6) is 11.5 Å². The molecule has 1 saturated heterocycles. The van der Waals surface area contributed by atoms with Crippen LogP contribution in [0.3, 0.4) is 0 Å². The summed E-state index contributed by atoms with van der Waals surface area (Å²) >= 11 is 0. The standard InChI is InChI=1S/C22H32N4O3/c1-5-13-29-20-14-18(7-8-19(20)28-4)16-25-22(24-6-2)26-11-9-17(10-12-26)15-21(27)23-3/h1,7-8,14,17H,6,9-13,15-16H2,2-4H3,(H,23,27)(H,24,25). The number of guanidine groups is 1. The number of piperidine rings is 1. The lowest BCUT2D eigenvalue weighted by molar-refractivity contribution is -0.121. The lowest BCUT2D eigenvalue weighted by atomic mass is 9.93. The smallest absolute Gasteiger partial charge is 0.220 e. The zero-order valence-corrected chi connectivity index (χ0v) is 17.7. The third-order valence-corrected chi connectivity index (χ3v) is 4.95. The molecule has 0 spiro atoms. The minimum Gasteiger partial charge on any atom is -0.493 e. The van der Waals surface area contributed by atoms with E-state index in [1.807, 2.05) is 18.2 Å². The molecule has 0 radical (unpaired) electrons. The van der Waals surface area contributed by atoms with E-state index in [4.69, 9.17) is 20.9 Å². The lowest BCUT2D eigenvalue weighted by Crippen LogP contribution is -2.46. The highest BCUT2D eigenvalue weighted by atomic mass is 16.5. The normalized spacial score (nSPS) is 14.8. The summed E-state index contributed by atoms with van der Waals surface area (Å²) in [7, 11) is 3.29. The highest BCUT2D eigenvalue weighted by Gasteiger charge is 2.23. The quantitative estimate of drug-likeness (QED) is 0.397. The Morgan fingerprint density at radius 3 is 2.72 bits per heavy atom. The number of benzene rings is 1. The van der Waals surface area contributed by atoms with Gasteiger partial charge in [0.1, 0.15) is 6.61 Å². The van der Waals surface area contributed by atoms with Crippen LogP contribution in [0.1, 0.15) is 31.7 Å². The number of nitrogens with one attached hydrogen (secondary N) is 2. The van der Waals surface area contributed by atoms with Gasteiger partial charge in [0.25, 0.3) is 0 Å². The van der Waals surface area contributed by atoms with Crippen LogP contribution in [0.15, 0.2) is 23.2 Å². The molecule has 0 aliphatic carbocycles. The van der Waals surface area contributed by atoms with E-state index in [-0.39, 0.29) is 12.5 Å². The average Bonchev–Trinajstić information content (AvgIpc) is 2.75. The molecule has 1 heterocycles. The fraction of sp³-hybridized carbons (Fsp3) is 0.545. The Morgan fingerprint density at radius 2 is 2.10 bits per heavy atom. The Hall–Kier alpha value is -2.88. The summed E-state index contributed by atoms with van der Waals surface area (Å²) in [6, 6.07) is 5.76. The molecule has 1 amide bonds. The molecular formula is C22H32N4O3.